The fraction of sp³-hybridized carbons (Fsp3) is 0.409. The Kier molecular flexibility index (Phi) is 7.22. The Balaban J connectivity index is 1.64. The van der Waals surface area contributed by atoms with Gasteiger partial charge in [0.2, 0.25) is 25.9 Å². The highest BCUT2D eigenvalue weighted by Crippen LogP contribution is 2.39. The molecule has 0 spiro atoms. The smallest absolute Gasteiger partial charge is 0.238 e. The number of aromatic nitrogens is 4. The third kappa shape index (κ3) is 6.23. The van der Waals surface area contributed by atoms with E-state index in [9.17, 15) is 16.8 Å². The van der Waals surface area contributed by atoms with Crippen LogP contribution in [0, 0.1) is 0 Å². The van der Waals surface area contributed by atoms with Crippen LogP contribution in [0.2, 0.25) is 0 Å². The molecule has 0 aliphatic heterocycles. The molecule has 2 aromatic carbocycles. The molecule has 188 valence electrons. The Morgan fingerprint density at radius 2 is 1.74 bits per heavy atom. The number of nitrogens with two attached hydrogens (primary N) is 1. The van der Waals surface area contributed by atoms with E-state index in [1.807, 2.05) is 30.3 Å². The Bertz CT molecular complexity index is 1400. The lowest BCUT2D eigenvalue weighted by Gasteiger charge is -2.30. The van der Waals surface area contributed by atoms with Gasteiger partial charge in [0.25, 0.3) is 0 Å². The maximum Gasteiger partial charge on any atom is 0.238 e. The van der Waals surface area contributed by atoms with Crippen LogP contribution in [-0.2, 0) is 26.6 Å². The molecule has 0 saturated heterocycles. The van der Waals surface area contributed by atoms with Crippen LogP contribution >= 0.6 is 0 Å². The number of hydrogen-bond donors (Lipinski definition) is 2. The van der Waals surface area contributed by atoms with E-state index in [1.165, 1.54) is 10.9 Å². The van der Waals surface area contributed by atoms with E-state index in [4.69, 9.17) is 9.88 Å². The van der Waals surface area contributed by atoms with E-state index in [-0.39, 0.29) is 22.7 Å². The minimum atomic E-state index is -4.06. The van der Waals surface area contributed by atoms with Gasteiger partial charge in [0.05, 0.1) is 24.8 Å². The summed E-state index contributed by atoms with van der Waals surface area (Å²) in [6.45, 7) is 0.339. The standard InChI is InChI=1S/C22H28N6O5S2/c1-33-18-12-6-15(7-13-18)14-28-25-22(24-27-28)21-19(4-3-5-20(21)35(23,31)32)16-8-10-17(11-9-16)26-34(2,29)30/h3-7,12-13,16-17,26H,8-11,14H2,1-2H3,(H2,23,31,32). The van der Waals surface area contributed by atoms with Crippen LogP contribution in [0.15, 0.2) is 47.4 Å². The average Bonchev–Trinajstić information content (AvgIpc) is 3.26. The quantitative estimate of drug-likeness (QED) is 0.453. The summed E-state index contributed by atoms with van der Waals surface area (Å²) in [5.41, 5.74) is 2.03. The third-order valence-corrected chi connectivity index (χ3v) is 7.79. The number of ether oxygens (including phenoxy) is 1. The number of nitrogens with one attached hydrogen (secondary N) is 1. The lowest BCUT2D eigenvalue weighted by Crippen LogP contribution is -2.36. The second-order valence-electron chi connectivity index (χ2n) is 8.70. The number of tetrazole rings is 1. The molecule has 35 heavy (non-hydrogen) atoms. The van der Waals surface area contributed by atoms with Crippen LogP contribution in [0.1, 0.15) is 42.7 Å². The summed E-state index contributed by atoms with van der Waals surface area (Å²) in [7, 11) is -5.76. The number of benzene rings is 2. The molecule has 4 rings (SSSR count). The number of hydrogen-bond acceptors (Lipinski definition) is 8. The van der Waals surface area contributed by atoms with Crippen molar-refractivity contribution in [2.45, 2.75) is 49.1 Å². The summed E-state index contributed by atoms with van der Waals surface area (Å²) in [4.78, 5) is 1.34. The van der Waals surface area contributed by atoms with Crippen LogP contribution < -0.4 is 14.6 Å². The summed E-state index contributed by atoms with van der Waals surface area (Å²) < 4.78 is 55.9. The van der Waals surface area contributed by atoms with Crippen molar-refractivity contribution in [1.29, 1.82) is 0 Å². The van der Waals surface area contributed by atoms with E-state index in [2.05, 4.69) is 20.1 Å². The van der Waals surface area contributed by atoms with Gasteiger partial charge >= 0.3 is 0 Å². The topological polar surface area (TPSA) is 159 Å². The first kappa shape index (κ1) is 25.2. The van der Waals surface area contributed by atoms with Crippen LogP contribution in [0.3, 0.4) is 0 Å². The summed E-state index contributed by atoms with van der Waals surface area (Å²) in [5, 5.41) is 18.3. The van der Waals surface area contributed by atoms with Crippen molar-refractivity contribution >= 4 is 20.0 Å². The zero-order chi connectivity index (χ0) is 25.2. The Hall–Kier alpha value is -2.87. The molecule has 1 saturated carbocycles. The van der Waals surface area contributed by atoms with Gasteiger partial charge in [-0.25, -0.2) is 26.7 Å². The molecule has 0 amide bonds. The molecule has 1 fully saturated rings. The number of primary sulfonamides is 1. The van der Waals surface area contributed by atoms with Crippen LogP contribution in [0.5, 0.6) is 5.75 Å². The van der Waals surface area contributed by atoms with Crippen molar-refractivity contribution in [3.63, 3.8) is 0 Å². The Labute approximate surface area is 204 Å². The molecule has 1 aliphatic carbocycles. The lowest BCUT2D eigenvalue weighted by molar-refractivity contribution is 0.374. The number of nitrogens with zero attached hydrogens (tertiary/aromatic N) is 4. The summed E-state index contributed by atoms with van der Waals surface area (Å²) >= 11 is 0. The van der Waals surface area contributed by atoms with Gasteiger partial charge in [0.1, 0.15) is 5.75 Å². The van der Waals surface area contributed by atoms with Crippen molar-refractivity contribution in [3.05, 3.63) is 53.6 Å². The molecule has 13 heteroatoms. The highest BCUT2D eigenvalue weighted by Gasteiger charge is 2.30. The highest BCUT2D eigenvalue weighted by molar-refractivity contribution is 7.89. The summed E-state index contributed by atoms with van der Waals surface area (Å²) in [5.74, 6) is 0.904. The van der Waals surface area contributed by atoms with Crippen molar-refractivity contribution < 1.29 is 21.6 Å². The largest absolute Gasteiger partial charge is 0.497 e. The molecule has 1 aliphatic rings. The van der Waals surface area contributed by atoms with Gasteiger partial charge in [-0.2, -0.15) is 4.80 Å². The first-order chi connectivity index (χ1) is 16.5. The molecule has 1 aromatic heterocycles. The second kappa shape index (κ2) is 10.0. The van der Waals surface area contributed by atoms with Crippen molar-refractivity contribution in [2.75, 3.05) is 13.4 Å². The molecular formula is C22H28N6O5S2. The van der Waals surface area contributed by atoms with E-state index in [1.54, 1.807) is 13.2 Å². The van der Waals surface area contributed by atoms with Gasteiger partial charge in [-0.3, -0.25) is 0 Å². The van der Waals surface area contributed by atoms with Crippen LogP contribution in [0.25, 0.3) is 11.4 Å². The van der Waals surface area contributed by atoms with Crippen LogP contribution in [-0.4, -0.2) is 56.5 Å². The van der Waals surface area contributed by atoms with Gasteiger partial charge in [-0.15, -0.1) is 10.2 Å². The van der Waals surface area contributed by atoms with E-state index in [0.29, 0.717) is 37.8 Å². The molecule has 0 radical (unpaired) electrons. The third-order valence-electron chi connectivity index (χ3n) is 6.07. The first-order valence-electron chi connectivity index (χ1n) is 11.1. The first-order valence-corrected chi connectivity index (χ1v) is 14.5. The van der Waals surface area contributed by atoms with Crippen molar-refractivity contribution in [3.8, 4) is 17.1 Å². The minimum Gasteiger partial charge on any atom is -0.497 e. The molecule has 11 nitrogen and oxygen atoms in total. The normalized spacial score (nSPS) is 18.9. The predicted molar refractivity (Wildman–Crippen MR) is 130 cm³/mol. The lowest BCUT2D eigenvalue weighted by atomic mass is 9.80. The van der Waals surface area contributed by atoms with Crippen LogP contribution in [0.4, 0.5) is 0 Å². The monoisotopic (exact) mass is 520 g/mol. The maximum absolute atomic E-state index is 12.4. The van der Waals surface area contributed by atoms with E-state index >= 15 is 0 Å². The molecular weight excluding hydrogens is 492 g/mol. The fourth-order valence-corrected chi connectivity index (χ4v) is 6.10. The molecule has 0 unspecified atom stereocenters. The zero-order valence-corrected chi connectivity index (χ0v) is 21.1. The maximum atomic E-state index is 12.4. The summed E-state index contributed by atoms with van der Waals surface area (Å²) in [6.07, 6.45) is 3.76. The average molecular weight is 521 g/mol. The number of sulfonamides is 2. The second-order valence-corrected chi connectivity index (χ2v) is 12.0. The molecule has 0 bridgehead atoms. The van der Waals surface area contributed by atoms with Gasteiger partial charge in [0, 0.05) is 11.6 Å². The Morgan fingerprint density at radius 1 is 1.06 bits per heavy atom. The van der Waals surface area contributed by atoms with Gasteiger partial charge in [-0.05, 0) is 66.1 Å². The highest BCUT2D eigenvalue weighted by atomic mass is 32.2. The van der Waals surface area contributed by atoms with Gasteiger partial charge < -0.3 is 4.74 Å². The van der Waals surface area contributed by atoms with E-state index < -0.39 is 20.0 Å². The molecule has 3 N–H and O–H groups in total. The minimum absolute atomic E-state index is 0.00199. The number of methoxy groups -OCH3 is 1. The fourth-order valence-electron chi connectivity index (χ4n) is 4.49. The van der Waals surface area contributed by atoms with E-state index in [0.717, 1.165) is 23.1 Å². The van der Waals surface area contributed by atoms with Gasteiger partial charge in [0.15, 0.2) is 0 Å². The number of rotatable bonds is 8. The summed E-state index contributed by atoms with van der Waals surface area (Å²) in [6, 6.07) is 12.2. The van der Waals surface area contributed by atoms with Crippen molar-refractivity contribution in [1.82, 2.24) is 24.9 Å². The Morgan fingerprint density at radius 3 is 2.34 bits per heavy atom. The molecule has 3 aromatic rings. The predicted octanol–water partition coefficient (Wildman–Crippen LogP) is 1.62. The molecule has 0 atom stereocenters. The zero-order valence-electron chi connectivity index (χ0n) is 19.5. The van der Waals surface area contributed by atoms with Gasteiger partial charge in [-0.1, -0.05) is 24.3 Å². The van der Waals surface area contributed by atoms with Crippen molar-refractivity contribution in [2.24, 2.45) is 5.14 Å². The SMILES string of the molecule is COc1ccc(Cn2nnc(-c3c(C4CCC(NS(C)(=O)=O)CC4)cccc3S(N)(=O)=O)n2)cc1. The molecule has 1 heterocycles.